The molecule has 1 amide bonds. The Morgan fingerprint density at radius 3 is 2.36 bits per heavy atom. The van der Waals surface area contributed by atoms with Gasteiger partial charge in [0.1, 0.15) is 5.15 Å². The second kappa shape index (κ2) is 6.91. The van der Waals surface area contributed by atoms with Gasteiger partial charge in [0.15, 0.2) is 0 Å². The minimum atomic E-state index is -0.0717. The summed E-state index contributed by atoms with van der Waals surface area (Å²) in [6.07, 6.45) is 8.14. The molecule has 4 aliphatic carbocycles. The summed E-state index contributed by atoms with van der Waals surface area (Å²) in [4.78, 5) is 13.0. The Labute approximate surface area is 171 Å². The van der Waals surface area contributed by atoms with Crippen molar-refractivity contribution in [3.05, 3.63) is 52.3 Å². The summed E-state index contributed by atoms with van der Waals surface area (Å²) in [6, 6.07) is 10.1. The number of hydrogen-bond donors (Lipinski definition) is 1. The number of nitrogens with one attached hydrogen (secondary N) is 1. The summed E-state index contributed by atoms with van der Waals surface area (Å²) >= 11 is 6.57. The van der Waals surface area contributed by atoms with Gasteiger partial charge in [-0.25, -0.2) is 4.68 Å². The van der Waals surface area contributed by atoms with Gasteiger partial charge in [0.25, 0.3) is 5.91 Å². The van der Waals surface area contributed by atoms with E-state index in [0.29, 0.717) is 28.4 Å². The molecule has 1 N–H and O–H groups in total. The Morgan fingerprint density at radius 2 is 1.75 bits per heavy atom. The largest absolute Gasteiger partial charge is 0.351 e. The first-order chi connectivity index (χ1) is 13.5. The fourth-order valence-electron chi connectivity index (χ4n) is 6.54. The molecule has 1 aromatic carbocycles. The molecule has 28 heavy (non-hydrogen) atoms. The Hall–Kier alpha value is -1.81. The van der Waals surface area contributed by atoms with Gasteiger partial charge in [-0.2, -0.15) is 5.10 Å². The highest BCUT2D eigenvalue weighted by Crippen LogP contribution is 2.59. The molecule has 1 heterocycles. The summed E-state index contributed by atoms with van der Waals surface area (Å²) in [5.74, 6) is 2.60. The average Bonchev–Trinajstić information content (AvgIpc) is 2.93. The van der Waals surface area contributed by atoms with Crippen molar-refractivity contribution in [1.29, 1.82) is 0 Å². The molecule has 0 spiro atoms. The number of aromatic nitrogens is 2. The molecule has 4 nitrogen and oxygen atoms in total. The molecule has 148 valence electrons. The van der Waals surface area contributed by atoms with Crippen molar-refractivity contribution in [2.45, 2.75) is 52.0 Å². The van der Waals surface area contributed by atoms with Gasteiger partial charge in [-0.05, 0) is 74.2 Å². The molecule has 6 rings (SSSR count). The molecule has 4 fully saturated rings. The molecule has 0 saturated heterocycles. The zero-order valence-corrected chi connectivity index (χ0v) is 17.2. The van der Waals surface area contributed by atoms with Gasteiger partial charge in [-0.3, -0.25) is 4.79 Å². The topological polar surface area (TPSA) is 46.9 Å². The lowest BCUT2D eigenvalue weighted by Gasteiger charge is -2.56. The molecule has 0 aliphatic heterocycles. The number of carbonyl (C=O) groups excluding carboxylic acids is 1. The highest BCUT2D eigenvalue weighted by molar-refractivity contribution is 6.33. The van der Waals surface area contributed by atoms with E-state index in [1.807, 2.05) is 37.3 Å². The summed E-state index contributed by atoms with van der Waals surface area (Å²) in [7, 11) is 0. The van der Waals surface area contributed by atoms with E-state index in [4.69, 9.17) is 11.6 Å². The number of benzene rings is 1. The van der Waals surface area contributed by atoms with Gasteiger partial charge in [0.05, 0.1) is 17.8 Å². The third-order valence-corrected chi connectivity index (χ3v) is 7.64. The van der Waals surface area contributed by atoms with Crippen molar-refractivity contribution in [3.8, 4) is 0 Å². The fraction of sp³-hybridized carbons (Fsp3) is 0.565. The van der Waals surface area contributed by atoms with Crippen LogP contribution in [0.4, 0.5) is 0 Å². The van der Waals surface area contributed by atoms with Crippen molar-refractivity contribution in [1.82, 2.24) is 15.1 Å². The molecule has 1 aromatic heterocycles. The van der Waals surface area contributed by atoms with Gasteiger partial charge in [0.2, 0.25) is 0 Å². The van der Waals surface area contributed by atoms with Crippen molar-refractivity contribution in [3.63, 3.8) is 0 Å². The van der Waals surface area contributed by atoms with Crippen LogP contribution in [0.2, 0.25) is 5.15 Å². The number of nitrogens with zero attached hydrogens (tertiary/aromatic N) is 2. The van der Waals surface area contributed by atoms with Crippen LogP contribution >= 0.6 is 11.6 Å². The summed E-state index contributed by atoms with van der Waals surface area (Å²) in [6.45, 7) is 3.23. The second-order valence-corrected chi connectivity index (χ2v) is 9.85. The molecule has 5 heteroatoms. The zero-order valence-electron chi connectivity index (χ0n) is 16.5. The number of rotatable bonds is 5. The predicted molar refractivity (Wildman–Crippen MR) is 110 cm³/mol. The quantitative estimate of drug-likeness (QED) is 0.784. The standard InChI is InChI=1S/C23H28ClN3O/c1-15-20(21(24)27(26-15)13-16-5-3-2-4-6-16)22(28)25-14-23-10-17-7-18(11-23)9-19(8-17)12-23/h2-6,17-19H,7-14H2,1H3,(H,25,28). The third-order valence-electron chi connectivity index (χ3n) is 7.26. The molecule has 0 unspecified atom stereocenters. The van der Waals surface area contributed by atoms with Crippen molar-refractivity contribution in [2.75, 3.05) is 6.54 Å². The number of hydrogen-bond acceptors (Lipinski definition) is 2. The maximum absolute atomic E-state index is 13.0. The van der Waals surface area contributed by atoms with E-state index in [2.05, 4.69) is 10.4 Å². The smallest absolute Gasteiger partial charge is 0.256 e. The average molecular weight is 398 g/mol. The first-order valence-electron chi connectivity index (χ1n) is 10.6. The lowest BCUT2D eigenvalue weighted by Crippen LogP contribution is -2.51. The lowest BCUT2D eigenvalue weighted by molar-refractivity contribution is -0.0503. The molecule has 0 radical (unpaired) electrons. The van der Waals surface area contributed by atoms with Gasteiger partial charge >= 0.3 is 0 Å². The van der Waals surface area contributed by atoms with Gasteiger partial charge in [0, 0.05) is 6.54 Å². The van der Waals surface area contributed by atoms with Gasteiger partial charge in [-0.15, -0.1) is 0 Å². The van der Waals surface area contributed by atoms with E-state index in [0.717, 1.165) is 29.9 Å². The SMILES string of the molecule is Cc1nn(Cc2ccccc2)c(Cl)c1C(=O)NCC12CC3CC(CC(C3)C1)C2. The van der Waals surface area contributed by atoms with E-state index in [1.165, 1.54) is 38.5 Å². The Balaban J connectivity index is 1.29. The summed E-state index contributed by atoms with van der Waals surface area (Å²) in [5.41, 5.74) is 2.67. The van der Waals surface area contributed by atoms with Crippen LogP contribution in [-0.2, 0) is 6.54 Å². The van der Waals surface area contributed by atoms with Gasteiger partial charge in [-0.1, -0.05) is 41.9 Å². The molecule has 4 saturated carbocycles. The van der Waals surface area contributed by atoms with Crippen LogP contribution in [0.25, 0.3) is 0 Å². The minimum absolute atomic E-state index is 0.0717. The van der Waals surface area contributed by atoms with Gasteiger partial charge < -0.3 is 5.32 Å². The van der Waals surface area contributed by atoms with Crippen LogP contribution in [0, 0.1) is 30.1 Å². The maximum Gasteiger partial charge on any atom is 0.256 e. The van der Waals surface area contributed by atoms with Crippen LogP contribution in [0.1, 0.15) is 60.1 Å². The van der Waals surface area contributed by atoms with E-state index >= 15 is 0 Å². The second-order valence-electron chi connectivity index (χ2n) is 9.49. The first-order valence-corrected chi connectivity index (χ1v) is 10.9. The van der Waals surface area contributed by atoms with E-state index < -0.39 is 0 Å². The van der Waals surface area contributed by atoms with E-state index in [1.54, 1.807) is 4.68 Å². The fourth-order valence-corrected chi connectivity index (χ4v) is 6.86. The summed E-state index contributed by atoms with van der Waals surface area (Å²) in [5, 5.41) is 8.20. The minimum Gasteiger partial charge on any atom is -0.351 e. The Morgan fingerprint density at radius 1 is 1.14 bits per heavy atom. The third kappa shape index (κ3) is 3.26. The predicted octanol–water partition coefficient (Wildman–Crippen LogP) is 4.84. The molecule has 0 atom stereocenters. The molecule has 4 aliphatic rings. The Kier molecular flexibility index (Phi) is 4.50. The van der Waals surface area contributed by atoms with Crippen molar-refractivity contribution >= 4 is 17.5 Å². The van der Waals surface area contributed by atoms with Crippen LogP contribution in [0.5, 0.6) is 0 Å². The van der Waals surface area contributed by atoms with Crippen LogP contribution < -0.4 is 5.32 Å². The maximum atomic E-state index is 13.0. The Bertz CT molecular complexity index is 853. The normalized spacial score (nSPS) is 30.6. The zero-order chi connectivity index (χ0) is 19.3. The van der Waals surface area contributed by atoms with Crippen LogP contribution in [-0.4, -0.2) is 22.2 Å². The number of amides is 1. The van der Waals surface area contributed by atoms with Crippen LogP contribution in [0.3, 0.4) is 0 Å². The molecular weight excluding hydrogens is 370 g/mol. The molecule has 4 bridgehead atoms. The monoisotopic (exact) mass is 397 g/mol. The highest BCUT2D eigenvalue weighted by atomic mass is 35.5. The van der Waals surface area contributed by atoms with E-state index in [9.17, 15) is 4.79 Å². The number of carbonyl (C=O) groups is 1. The molecular formula is C23H28ClN3O. The molecule has 2 aromatic rings. The number of halogens is 1. The van der Waals surface area contributed by atoms with Crippen LogP contribution in [0.15, 0.2) is 30.3 Å². The van der Waals surface area contributed by atoms with E-state index in [-0.39, 0.29) is 5.91 Å². The van der Waals surface area contributed by atoms with Crippen molar-refractivity contribution < 1.29 is 4.79 Å². The number of aryl methyl sites for hydroxylation is 1. The summed E-state index contributed by atoms with van der Waals surface area (Å²) < 4.78 is 1.73. The lowest BCUT2D eigenvalue weighted by atomic mass is 9.49. The van der Waals surface area contributed by atoms with Crippen molar-refractivity contribution in [2.24, 2.45) is 23.2 Å². The highest BCUT2D eigenvalue weighted by Gasteiger charge is 2.50. The first kappa shape index (κ1) is 18.2.